The summed E-state index contributed by atoms with van der Waals surface area (Å²) in [5.74, 6) is -0.982. The summed E-state index contributed by atoms with van der Waals surface area (Å²) < 4.78 is 136. The Morgan fingerprint density at radius 2 is 1.42 bits per heavy atom. The van der Waals surface area contributed by atoms with Gasteiger partial charge in [-0.2, -0.15) is 29.8 Å². The zero-order valence-corrected chi connectivity index (χ0v) is 34.6. The van der Waals surface area contributed by atoms with Gasteiger partial charge in [0.15, 0.2) is 5.71 Å². The van der Waals surface area contributed by atoms with E-state index in [1.165, 1.54) is 30.3 Å². The van der Waals surface area contributed by atoms with Crippen LogP contribution in [0.3, 0.4) is 0 Å². The maximum absolute atomic E-state index is 12.0. The molecule has 0 amide bonds. The summed E-state index contributed by atoms with van der Waals surface area (Å²) in [6.07, 6.45) is 9.46. The normalized spacial score (nSPS) is 20.3. The van der Waals surface area contributed by atoms with Gasteiger partial charge in [-0.3, -0.25) is 13.7 Å². The fourth-order valence-corrected chi connectivity index (χ4v) is 9.79. The molecule has 55 heavy (non-hydrogen) atoms. The second kappa shape index (κ2) is 15.3. The molecule has 2 aromatic rings. The van der Waals surface area contributed by atoms with Gasteiger partial charge in [0, 0.05) is 52.5 Å². The molecule has 5 rings (SSSR count). The van der Waals surface area contributed by atoms with Crippen LogP contribution in [0.2, 0.25) is 0 Å². The van der Waals surface area contributed by atoms with Crippen LogP contribution in [-0.4, -0.2) is 86.8 Å². The summed E-state index contributed by atoms with van der Waals surface area (Å²) in [6, 6.07) is 8.24. The zero-order valence-electron chi connectivity index (χ0n) is 30.6. The third-order valence-corrected chi connectivity index (χ3v) is 14.0. The second-order valence-electron chi connectivity index (χ2n) is 14.8. The van der Waals surface area contributed by atoms with Crippen molar-refractivity contribution in [1.82, 2.24) is 0 Å². The maximum Gasteiger partial charge on any atom is 0.294 e. The van der Waals surface area contributed by atoms with Gasteiger partial charge in [0.05, 0.1) is 26.7 Å². The third kappa shape index (κ3) is 9.51. The van der Waals surface area contributed by atoms with Gasteiger partial charge in [0.25, 0.3) is 30.4 Å². The monoisotopic (exact) mass is 858 g/mol. The summed E-state index contributed by atoms with van der Waals surface area (Å²) >= 11 is 7.03. The highest BCUT2D eigenvalue weighted by molar-refractivity contribution is 7.86. The first-order chi connectivity index (χ1) is 25.2. The van der Waals surface area contributed by atoms with E-state index in [2.05, 4.69) is 0 Å². The van der Waals surface area contributed by atoms with E-state index in [1.807, 2.05) is 61.5 Å². The molecule has 1 aliphatic carbocycles. The van der Waals surface area contributed by atoms with E-state index in [4.69, 9.17) is 11.6 Å². The molecule has 0 saturated heterocycles. The number of benzene rings is 2. The Morgan fingerprint density at radius 1 is 0.800 bits per heavy atom. The van der Waals surface area contributed by atoms with Gasteiger partial charge >= 0.3 is 0 Å². The van der Waals surface area contributed by atoms with Crippen molar-refractivity contribution >= 4 is 69.2 Å². The highest BCUT2D eigenvalue weighted by Crippen LogP contribution is 2.49. The Hall–Kier alpha value is -3.20. The van der Waals surface area contributed by atoms with Crippen molar-refractivity contribution in [2.45, 2.75) is 80.4 Å². The van der Waals surface area contributed by atoms with Crippen LogP contribution in [0.15, 0.2) is 92.4 Å². The number of halogens is 1. The lowest BCUT2D eigenvalue weighted by atomic mass is 9.81. The Morgan fingerprint density at radius 3 is 2.04 bits per heavy atom. The number of allylic oxidation sites excluding steroid dienone is 8. The number of fused-ring (bicyclic) bond motifs is 2. The van der Waals surface area contributed by atoms with Crippen LogP contribution in [-0.2, 0) is 51.3 Å². The van der Waals surface area contributed by atoms with Crippen molar-refractivity contribution < 1.29 is 56.5 Å². The predicted octanol–water partition coefficient (Wildman–Crippen LogP) is 5.61. The minimum Gasteiger partial charge on any atom is -0.744 e. The Labute approximate surface area is 327 Å². The molecule has 0 radical (unpaired) electrons. The highest BCUT2D eigenvalue weighted by Gasteiger charge is 2.45. The Balaban J connectivity index is 1.54. The SMILES string of the molecule is CC1(C)C(/C=C/C2=C(Cl)C(=C/C=C3\N(CCCS(=O)(=O)O)c4ccc(S(=O)(=O)O)cc4C3(C)C)/CCC2)=[N+](CCCS(=O)(=O)O)c2ccc(S(=O)(=O)[O-])cc21. The molecule has 3 N–H and O–H groups in total. The highest BCUT2D eigenvalue weighted by atomic mass is 35.5. The molecule has 0 bridgehead atoms. The van der Waals surface area contributed by atoms with Gasteiger partial charge in [-0.05, 0) is 92.6 Å². The van der Waals surface area contributed by atoms with E-state index < -0.39 is 67.7 Å². The molecule has 19 heteroatoms. The van der Waals surface area contributed by atoms with Gasteiger partial charge in [-0.15, -0.1) is 0 Å². The molecule has 2 heterocycles. The minimum absolute atomic E-state index is 0.0580. The number of nitrogens with zero attached hydrogens (tertiary/aromatic N) is 2. The quantitative estimate of drug-likeness (QED) is 0.165. The Kier molecular flexibility index (Phi) is 11.9. The predicted molar refractivity (Wildman–Crippen MR) is 208 cm³/mol. The number of anilines is 1. The van der Waals surface area contributed by atoms with Crippen molar-refractivity contribution in [2.75, 3.05) is 29.5 Å². The number of hydrogen-bond donors (Lipinski definition) is 3. The van der Waals surface area contributed by atoms with E-state index in [9.17, 15) is 51.9 Å². The van der Waals surface area contributed by atoms with Crippen molar-refractivity contribution in [3.05, 3.63) is 93.7 Å². The smallest absolute Gasteiger partial charge is 0.294 e. The molecule has 0 unspecified atom stereocenters. The number of rotatable bonds is 13. The average molecular weight is 859 g/mol. The standard InChI is InChI=1S/C36H43ClN2O12S4/c1-35(2)28-22-26(54(46,47)48)12-14-30(28)38(18-6-20-52(40,41)42)32(35)16-10-24-8-5-9-25(34(24)37)11-17-33-36(3,4)29-23-27(55(49,50)51)13-15-31(29)39(33)19-7-21-53(43,44)45/h10-17,22-23H,5-9,18-21H2,1-4H3,(H3-,40,41,42,43,44,45,46,47,48,49,50,51). The minimum atomic E-state index is -4.76. The molecule has 0 atom stereocenters. The van der Waals surface area contributed by atoms with E-state index in [-0.39, 0.29) is 30.8 Å². The largest absolute Gasteiger partial charge is 0.744 e. The molecule has 0 saturated carbocycles. The molecule has 2 aromatic carbocycles. The first-order valence-electron chi connectivity index (χ1n) is 17.3. The maximum atomic E-state index is 12.0. The van der Waals surface area contributed by atoms with E-state index in [1.54, 1.807) is 6.07 Å². The van der Waals surface area contributed by atoms with Crippen LogP contribution in [0.5, 0.6) is 0 Å². The molecular formula is C36H43ClN2O12S4. The molecule has 2 aliphatic heterocycles. The van der Waals surface area contributed by atoms with E-state index in [0.717, 1.165) is 17.6 Å². The number of hydrogen-bond acceptors (Lipinski definition) is 10. The molecular weight excluding hydrogens is 816 g/mol. The van der Waals surface area contributed by atoms with Crippen LogP contribution < -0.4 is 4.90 Å². The lowest BCUT2D eigenvalue weighted by Gasteiger charge is -2.27. The van der Waals surface area contributed by atoms with Gasteiger partial charge in [-0.1, -0.05) is 37.6 Å². The summed E-state index contributed by atoms with van der Waals surface area (Å²) in [5, 5.41) is 0.478. The van der Waals surface area contributed by atoms with Crippen LogP contribution in [0, 0.1) is 0 Å². The fourth-order valence-electron chi connectivity index (χ4n) is 7.48. The third-order valence-electron chi connectivity index (χ3n) is 10.2. The van der Waals surface area contributed by atoms with Gasteiger partial charge < -0.3 is 9.45 Å². The fraction of sp³-hybridized carbons (Fsp3) is 0.417. The van der Waals surface area contributed by atoms with E-state index >= 15 is 0 Å². The van der Waals surface area contributed by atoms with Crippen LogP contribution in [0.25, 0.3) is 0 Å². The second-order valence-corrected chi connectivity index (χ2v) is 21.1. The summed E-state index contributed by atoms with van der Waals surface area (Å²) in [6.45, 7) is 7.78. The van der Waals surface area contributed by atoms with Crippen LogP contribution in [0.4, 0.5) is 11.4 Å². The molecule has 14 nitrogen and oxygen atoms in total. The molecule has 0 fully saturated rings. The van der Waals surface area contributed by atoms with Crippen molar-refractivity contribution in [3.8, 4) is 0 Å². The first-order valence-corrected chi connectivity index (χ1v) is 23.7. The van der Waals surface area contributed by atoms with Crippen molar-refractivity contribution in [3.63, 3.8) is 0 Å². The molecule has 0 aromatic heterocycles. The van der Waals surface area contributed by atoms with Crippen LogP contribution >= 0.6 is 11.6 Å². The lowest BCUT2D eigenvalue weighted by molar-refractivity contribution is -0.437. The molecule has 3 aliphatic rings. The van der Waals surface area contributed by atoms with Crippen LogP contribution in [0.1, 0.15) is 70.9 Å². The summed E-state index contributed by atoms with van der Waals surface area (Å²) in [4.78, 5) is 1.17. The zero-order chi connectivity index (χ0) is 40.9. The summed E-state index contributed by atoms with van der Waals surface area (Å²) in [5.41, 5.74) is 3.68. The van der Waals surface area contributed by atoms with Gasteiger partial charge in [0.1, 0.15) is 16.7 Å². The van der Waals surface area contributed by atoms with E-state index in [0.29, 0.717) is 51.8 Å². The Bertz CT molecular complexity index is 2530. The van der Waals surface area contributed by atoms with Gasteiger partial charge in [-0.25, -0.2) is 8.42 Å². The van der Waals surface area contributed by atoms with Crippen molar-refractivity contribution in [1.29, 1.82) is 0 Å². The first kappa shape index (κ1) is 42.9. The lowest BCUT2D eigenvalue weighted by Crippen LogP contribution is -2.28. The van der Waals surface area contributed by atoms with Gasteiger partial charge in [0.2, 0.25) is 5.69 Å². The average Bonchev–Trinajstić information content (AvgIpc) is 3.39. The molecule has 0 spiro atoms. The van der Waals surface area contributed by atoms with Crippen molar-refractivity contribution in [2.24, 2.45) is 0 Å². The summed E-state index contributed by atoms with van der Waals surface area (Å²) in [7, 11) is -17.8. The topological polar surface area (TPSA) is 227 Å². The molecule has 300 valence electrons.